The van der Waals surface area contributed by atoms with Crippen LogP contribution in [-0.4, -0.2) is 42.1 Å². The van der Waals surface area contributed by atoms with Gasteiger partial charge in [0, 0.05) is 19.3 Å². The SMILES string of the molecule is CN(Cc1ccccn1)C(=O)NC1CC12CCNCC2. The van der Waals surface area contributed by atoms with E-state index in [0.717, 1.165) is 25.2 Å². The Morgan fingerprint density at radius 2 is 2.30 bits per heavy atom. The molecule has 108 valence electrons. The smallest absolute Gasteiger partial charge is 0.317 e. The fraction of sp³-hybridized carbons (Fsp3) is 0.600. The summed E-state index contributed by atoms with van der Waals surface area (Å²) in [6.45, 7) is 2.71. The number of hydrogen-bond acceptors (Lipinski definition) is 3. The topological polar surface area (TPSA) is 57.3 Å². The molecule has 1 aromatic rings. The van der Waals surface area contributed by atoms with Crippen LogP contribution >= 0.6 is 0 Å². The van der Waals surface area contributed by atoms with Crippen molar-refractivity contribution in [2.45, 2.75) is 31.8 Å². The third kappa shape index (κ3) is 2.77. The number of carbonyl (C=O) groups is 1. The highest BCUT2D eigenvalue weighted by molar-refractivity contribution is 5.74. The van der Waals surface area contributed by atoms with E-state index < -0.39 is 0 Å². The molecule has 1 saturated heterocycles. The first-order chi connectivity index (χ1) is 9.70. The number of pyridine rings is 1. The highest BCUT2D eigenvalue weighted by Gasteiger charge is 2.54. The van der Waals surface area contributed by atoms with E-state index in [-0.39, 0.29) is 6.03 Å². The molecule has 2 fully saturated rings. The van der Waals surface area contributed by atoms with Crippen molar-refractivity contribution in [3.63, 3.8) is 0 Å². The van der Waals surface area contributed by atoms with E-state index >= 15 is 0 Å². The number of nitrogens with zero attached hydrogens (tertiary/aromatic N) is 2. The van der Waals surface area contributed by atoms with Crippen molar-refractivity contribution in [3.8, 4) is 0 Å². The number of rotatable bonds is 3. The lowest BCUT2D eigenvalue weighted by Gasteiger charge is -2.24. The number of urea groups is 1. The second-order valence-electron chi connectivity index (χ2n) is 6.00. The van der Waals surface area contributed by atoms with Crippen LogP contribution in [0, 0.1) is 5.41 Å². The second-order valence-corrected chi connectivity index (χ2v) is 6.00. The molecular formula is C15H22N4O. The monoisotopic (exact) mass is 274 g/mol. The normalized spacial score (nSPS) is 23.4. The summed E-state index contributed by atoms with van der Waals surface area (Å²) in [4.78, 5) is 18.1. The summed E-state index contributed by atoms with van der Waals surface area (Å²) < 4.78 is 0. The summed E-state index contributed by atoms with van der Waals surface area (Å²) in [5.41, 5.74) is 1.30. The van der Waals surface area contributed by atoms with Crippen molar-refractivity contribution >= 4 is 6.03 Å². The molecule has 3 rings (SSSR count). The van der Waals surface area contributed by atoms with Crippen LogP contribution in [0.3, 0.4) is 0 Å². The average Bonchev–Trinajstić information content (AvgIpc) is 3.12. The lowest BCUT2D eigenvalue weighted by Crippen LogP contribution is -2.41. The van der Waals surface area contributed by atoms with Gasteiger partial charge in [-0.15, -0.1) is 0 Å². The minimum absolute atomic E-state index is 0.0102. The lowest BCUT2D eigenvalue weighted by molar-refractivity contribution is 0.202. The zero-order valence-electron chi connectivity index (χ0n) is 11.9. The first kappa shape index (κ1) is 13.4. The Bertz CT molecular complexity index is 470. The van der Waals surface area contributed by atoms with Crippen molar-refractivity contribution in [1.29, 1.82) is 0 Å². The van der Waals surface area contributed by atoms with Crippen LogP contribution in [-0.2, 0) is 6.54 Å². The van der Waals surface area contributed by atoms with Crippen LogP contribution in [0.1, 0.15) is 25.0 Å². The van der Waals surface area contributed by atoms with Crippen molar-refractivity contribution < 1.29 is 4.79 Å². The Hall–Kier alpha value is -1.62. The Morgan fingerprint density at radius 1 is 1.50 bits per heavy atom. The minimum atomic E-state index is 0.0102. The molecule has 1 unspecified atom stereocenters. The van der Waals surface area contributed by atoms with Gasteiger partial charge in [0.1, 0.15) is 0 Å². The minimum Gasteiger partial charge on any atom is -0.335 e. The van der Waals surface area contributed by atoms with Crippen LogP contribution < -0.4 is 10.6 Å². The molecule has 1 atom stereocenters. The van der Waals surface area contributed by atoms with E-state index in [4.69, 9.17) is 0 Å². The zero-order valence-corrected chi connectivity index (χ0v) is 11.9. The van der Waals surface area contributed by atoms with Gasteiger partial charge in [0.25, 0.3) is 0 Å². The molecule has 1 aliphatic carbocycles. The molecule has 0 radical (unpaired) electrons. The quantitative estimate of drug-likeness (QED) is 0.875. The number of carbonyl (C=O) groups excluding carboxylic acids is 1. The standard InChI is InChI=1S/C15H22N4O/c1-19(11-12-4-2-3-7-17-12)14(20)18-13-10-15(13)5-8-16-9-6-15/h2-4,7,13,16H,5-6,8-11H2,1H3,(H,18,20). The summed E-state index contributed by atoms with van der Waals surface area (Å²) in [5, 5.41) is 6.54. The molecule has 5 nitrogen and oxygen atoms in total. The molecule has 2 N–H and O–H groups in total. The van der Waals surface area contributed by atoms with E-state index in [2.05, 4.69) is 15.6 Å². The van der Waals surface area contributed by atoms with Crippen LogP contribution in [0.2, 0.25) is 0 Å². The fourth-order valence-corrected chi connectivity index (χ4v) is 3.09. The van der Waals surface area contributed by atoms with E-state index in [1.807, 2.05) is 25.2 Å². The van der Waals surface area contributed by atoms with E-state index in [1.54, 1.807) is 11.1 Å². The maximum Gasteiger partial charge on any atom is 0.317 e. The Kier molecular flexibility index (Phi) is 3.61. The maximum atomic E-state index is 12.2. The zero-order chi connectivity index (χ0) is 14.0. The molecule has 2 heterocycles. The molecule has 0 bridgehead atoms. The third-order valence-electron chi connectivity index (χ3n) is 4.56. The van der Waals surface area contributed by atoms with Crippen LogP contribution in [0.15, 0.2) is 24.4 Å². The molecule has 1 spiro atoms. The van der Waals surface area contributed by atoms with Gasteiger partial charge in [-0.1, -0.05) is 6.07 Å². The molecule has 20 heavy (non-hydrogen) atoms. The van der Waals surface area contributed by atoms with Crippen molar-refractivity contribution in [2.75, 3.05) is 20.1 Å². The van der Waals surface area contributed by atoms with Crippen LogP contribution in [0.5, 0.6) is 0 Å². The molecule has 5 heteroatoms. The van der Waals surface area contributed by atoms with Gasteiger partial charge in [-0.25, -0.2) is 4.79 Å². The van der Waals surface area contributed by atoms with Gasteiger partial charge in [-0.2, -0.15) is 0 Å². The Morgan fingerprint density at radius 3 is 3.00 bits per heavy atom. The number of aromatic nitrogens is 1. The summed E-state index contributed by atoms with van der Waals surface area (Å²) in [5.74, 6) is 0. The van der Waals surface area contributed by atoms with Crippen molar-refractivity contribution in [1.82, 2.24) is 20.5 Å². The summed E-state index contributed by atoms with van der Waals surface area (Å²) in [6.07, 6.45) is 5.26. The van der Waals surface area contributed by atoms with Crippen molar-refractivity contribution in [2.24, 2.45) is 5.41 Å². The molecule has 2 aliphatic rings. The molecule has 1 aromatic heterocycles. The van der Waals surface area contributed by atoms with Crippen molar-refractivity contribution in [3.05, 3.63) is 30.1 Å². The van der Waals surface area contributed by atoms with E-state index in [9.17, 15) is 4.79 Å². The van der Waals surface area contributed by atoms with Crippen LogP contribution in [0.4, 0.5) is 4.79 Å². The summed E-state index contributed by atoms with van der Waals surface area (Å²) >= 11 is 0. The van der Waals surface area contributed by atoms with E-state index in [0.29, 0.717) is 18.0 Å². The first-order valence-electron chi connectivity index (χ1n) is 7.32. The fourth-order valence-electron chi connectivity index (χ4n) is 3.09. The van der Waals surface area contributed by atoms with Gasteiger partial charge in [0.2, 0.25) is 0 Å². The van der Waals surface area contributed by atoms with Gasteiger partial charge >= 0.3 is 6.03 Å². The summed E-state index contributed by atoms with van der Waals surface area (Å²) in [7, 11) is 1.82. The number of nitrogens with one attached hydrogen (secondary N) is 2. The molecule has 1 aliphatic heterocycles. The van der Waals surface area contributed by atoms with E-state index in [1.165, 1.54) is 12.8 Å². The molecule has 0 aromatic carbocycles. The largest absolute Gasteiger partial charge is 0.335 e. The molecule has 1 saturated carbocycles. The lowest BCUT2D eigenvalue weighted by atomic mass is 9.94. The van der Waals surface area contributed by atoms with Gasteiger partial charge < -0.3 is 15.5 Å². The average molecular weight is 274 g/mol. The van der Waals surface area contributed by atoms with Gasteiger partial charge in [0.15, 0.2) is 0 Å². The predicted octanol–water partition coefficient (Wildman–Crippen LogP) is 1.37. The van der Waals surface area contributed by atoms with Gasteiger partial charge in [0.05, 0.1) is 12.2 Å². The first-order valence-corrected chi connectivity index (χ1v) is 7.32. The maximum absolute atomic E-state index is 12.2. The van der Waals surface area contributed by atoms with Gasteiger partial charge in [-0.3, -0.25) is 4.98 Å². The highest BCUT2D eigenvalue weighted by Crippen LogP contribution is 2.52. The van der Waals surface area contributed by atoms with Crippen LogP contribution in [0.25, 0.3) is 0 Å². The molecular weight excluding hydrogens is 252 g/mol. The predicted molar refractivity (Wildman–Crippen MR) is 77.2 cm³/mol. The number of hydrogen-bond donors (Lipinski definition) is 2. The number of piperidine rings is 1. The number of amides is 2. The Balaban J connectivity index is 1.50. The third-order valence-corrected chi connectivity index (χ3v) is 4.56. The van der Waals surface area contributed by atoms with Gasteiger partial charge in [-0.05, 0) is 49.9 Å². The highest BCUT2D eigenvalue weighted by atomic mass is 16.2. The summed E-state index contributed by atoms with van der Waals surface area (Å²) in [6, 6.07) is 6.14. The Labute approximate surface area is 119 Å². The molecule has 2 amide bonds. The second kappa shape index (κ2) is 5.40.